The number of hydrogen-bond acceptors (Lipinski definition) is 2. The van der Waals surface area contributed by atoms with Crippen molar-refractivity contribution in [3.05, 3.63) is 35.1 Å². The van der Waals surface area contributed by atoms with Gasteiger partial charge in [-0.2, -0.15) is 0 Å². The van der Waals surface area contributed by atoms with Crippen molar-refractivity contribution in [2.24, 2.45) is 11.8 Å². The van der Waals surface area contributed by atoms with Crippen LogP contribution < -0.4 is 0 Å². The number of halogens is 1. The maximum absolute atomic E-state index is 13.5. The van der Waals surface area contributed by atoms with Gasteiger partial charge in [0.1, 0.15) is 5.82 Å². The Balaban J connectivity index is 1.90. The first-order valence-corrected chi connectivity index (χ1v) is 7.47. The van der Waals surface area contributed by atoms with Crippen molar-refractivity contribution >= 4 is 5.78 Å². The average Bonchev–Trinajstić information content (AvgIpc) is 2.38. The van der Waals surface area contributed by atoms with Crippen LogP contribution in [0.2, 0.25) is 0 Å². The highest BCUT2D eigenvalue weighted by molar-refractivity contribution is 5.96. The van der Waals surface area contributed by atoms with E-state index in [1.807, 2.05) is 0 Å². The molecule has 20 heavy (non-hydrogen) atoms. The maximum Gasteiger partial charge on any atom is 0.164 e. The van der Waals surface area contributed by atoms with Gasteiger partial charge in [-0.05, 0) is 36.8 Å². The summed E-state index contributed by atoms with van der Waals surface area (Å²) in [6, 6.07) is 4.76. The van der Waals surface area contributed by atoms with Crippen LogP contribution in [0.5, 0.6) is 0 Å². The lowest BCUT2D eigenvalue weighted by molar-refractivity contribution is 0.0925. The molecule has 0 bridgehead atoms. The number of nitrogens with zero attached hydrogens (tertiary/aromatic N) is 1. The van der Waals surface area contributed by atoms with Gasteiger partial charge in [-0.15, -0.1) is 0 Å². The fourth-order valence-electron chi connectivity index (χ4n) is 3.14. The van der Waals surface area contributed by atoms with E-state index in [0.29, 0.717) is 29.4 Å². The van der Waals surface area contributed by atoms with E-state index < -0.39 is 0 Å². The molecule has 0 amide bonds. The van der Waals surface area contributed by atoms with Gasteiger partial charge in [0, 0.05) is 31.6 Å². The summed E-state index contributed by atoms with van der Waals surface area (Å²) in [4.78, 5) is 14.5. The Hall–Kier alpha value is -1.22. The normalized spacial score (nSPS) is 23.8. The first-order chi connectivity index (χ1) is 9.45. The summed E-state index contributed by atoms with van der Waals surface area (Å²) < 4.78 is 13.5. The number of ketones is 1. The number of carbonyl (C=O) groups excluding carboxylic acids is 1. The fourth-order valence-corrected chi connectivity index (χ4v) is 3.14. The van der Waals surface area contributed by atoms with E-state index in [1.165, 1.54) is 12.5 Å². The minimum absolute atomic E-state index is 0.0368. The van der Waals surface area contributed by atoms with Crippen molar-refractivity contribution in [1.29, 1.82) is 0 Å². The van der Waals surface area contributed by atoms with Crippen LogP contribution in [-0.4, -0.2) is 30.3 Å². The molecule has 2 unspecified atom stereocenters. The molecule has 1 saturated heterocycles. The largest absolute Gasteiger partial charge is 0.302 e. The lowest BCUT2D eigenvalue weighted by atomic mass is 9.91. The van der Waals surface area contributed by atoms with E-state index in [-0.39, 0.29) is 11.6 Å². The molecule has 2 rings (SSSR count). The monoisotopic (exact) mass is 277 g/mol. The molecule has 0 saturated carbocycles. The molecule has 0 radical (unpaired) electrons. The zero-order chi connectivity index (χ0) is 14.7. The lowest BCUT2D eigenvalue weighted by Crippen LogP contribution is -2.39. The van der Waals surface area contributed by atoms with Gasteiger partial charge >= 0.3 is 0 Å². The van der Waals surface area contributed by atoms with E-state index >= 15 is 0 Å². The number of benzene rings is 1. The molecule has 1 fully saturated rings. The Morgan fingerprint density at radius 1 is 1.30 bits per heavy atom. The second-order valence-electron chi connectivity index (χ2n) is 6.34. The SMILES string of the molecule is Cc1ccc(C(=O)CCN2CC(C)CC(C)C2)cc1F. The molecule has 0 N–H and O–H groups in total. The van der Waals surface area contributed by atoms with Crippen molar-refractivity contribution in [3.8, 4) is 0 Å². The van der Waals surface area contributed by atoms with Crippen LogP contribution in [0.4, 0.5) is 4.39 Å². The van der Waals surface area contributed by atoms with Crippen LogP contribution in [0.1, 0.15) is 42.6 Å². The summed E-state index contributed by atoms with van der Waals surface area (Å²) in [5.41, 5.74) is 1.08. The van der Waals surface area contributed by atoms with E-state index in [0.717, 1.165) is 19.6 Å². The molecule has 0 aromatic heterocycles. The third kappa shape index (κ3) is 3.89. The van der Waals surface area contributed by atoms with E-state index in [2.05, 4.69) is 18.7 Å². The highest BCUT2D eigenvalue weighted by atomic mass is 19.1. The Morgan fingerprint density at radius 2 is 1.95 bits per heavy atom. The molecule has 0 spiro atoms. The molecule has 1 aromatic rings. The van der Waals surface area contributed by atoms with Gasteiger partial charge in [0.05, 0.1) is 0 Å². The zero-order valence-electron chi connectivity index (χ0n) is 12.7. The number of rotatable bonds is 4. The Morgan fingerprint density at radius 3 is 2.55 bits per heavy atom. The van der Waals surface area contributed by atoms with Gasteiger partial charge in [0.2, 0.25) is 0 Å². The summed E-state index contributed by atoms with van der Waals surface area (Å²) in [5, 5.41) is 0. The van der Waals surface area contributed by atoms with Gasteiger partial charge < -0.3 is 4.90 Å². The third-order valence-corrected chi connectivity index (χ3v) is 4.09. The van der Waals surface area contributed by atoms with Gasteiger partial charge in [-0.25, -0.2) is 4.39 Å². The number of likely N-dealkylation sites (tertiary alicyclic amines) is 1. The highest BCUT2D eigenvalue weighted by Crippen LogP contribution is 2.21. The summed E-state index contributed by atoms with van der Waals surface area (Å²) in [6.07, 6.45) is 1.75. The second kappa shape index (κ2) is 6.49. The highest BCUT2D eigenvalue weighted by Gasteiger charge is 2.22. The minimum atomic E-state index is -0.295. The number of carbonyl (C=O) groups is 1. The predicted molar refractivity (Wildman–Crippen MR) is 79.5 cm³/mol. The van der Waals surface area contributed by atoms with Crippen LogP contribution in [0, 0.1) is 24.6 Å². The molecule has 3 heteroatoms. The Labute approximate surface area is 121 Å². The molecule has 1 aromatic carbocycles. The summed E-state index contributed by atoms with van der Waals surface area (Å²) in [7, 11) is 0. The van der Waals surface area contributed by atoms with Gasteiger partial charge in [0.15, 0.2) is 5.78 Å². The van der Waals surface area contributed by atoms with Crippen LogP contribution in [0.25, 0.3) is 0 Å². The molecule has 0 aliphatic carbocycles. The van der Waals surface area contributed by atoms with Crippen LogP contribution in [-0.2, 0) is 0 Å². The number of hydrogen-bond donors (Lipinski definition) is 0. The van der Waals surface area contributed by atoms with Crippen molar-refractivity contribution < 1.29 is 9.18 Å². The van der Waals surface area contributed by atoms with E-state index in [1.54, 1.807) is 19.1 Å². The molecule has 1 heterocycles. The molecule has 2 nitrogen and oxygen atoms in total. The van der Waals surface area contributed by atoms with Crippen LogP contribution >= 0.6 is 0 Å². The Bertz CT molecular complexity index is 476. The van der Waals surface area contributed by atoms with E-state index in [4.69, 9.17) is 0 Å². The number of Topliss-reactive ketones (excluding diaryl/α,β-unsaturated/α-hetero) is 1. The fraction of sp³-hybridized carbons (Fsp3) is 0.588. The summed E-state index contributed by atoms with van der Waals surface area (Å²) in [5.74, 6) is 1.14. The predicted octanol–water partition coefficient (Wildman–Crippen LogP) is 3.68. The number of aryl methyl sites for hydroxylation is 1. The van der Waals surface area contributed by atoms with Gasteiger partial charge in [-0.1, -0.05) is 26.0 Å². The summed E-state index contributed by atoms with van der Waals surface area (Å²) >= 11 is 0. The molecular formula is C17H24FNO. The maximum atomic E-state index is 13.5. The van der Waals surface area contributed by atoms with Crippen LogP contribution in [0.3, 0.4) is 0 Å². The standard InChI is InChI=1S/C17H24FNO/c1-12-8-13(2)11-19(10-12)7-6-17(20)15-5-4-14(3)16(18)9-15/h4-5,9,12-13H,6-8,10-11H2,1-3H3. The first-order valence-electron chi connectivity index (χ1n) is 7.47. The first kappa shape index (κ1) is 15.2. The molecule has 110 valence electrons. The van der Waals surface area contributed by atoms with Gasteiger partial charge in [-0.3, -0.25) is 4.79 Å². The van der Waals surface area contributed by atoms with Gasteiger partial charge in [0.25, 0.3) is 0 Å². The van der Waals surface area contributed by atoms with Crippen LogP contribution in [0.15, 0.2) is 18.2 Å². The molecule has 1 aliphatic rings. The third-order valence-electron chi connectivity index (χ3n) is 4.09. The van der Waals surface area contributed by atoms with E-state index in [9.17, 15) is 9.18 Å². The molecule has 2 atom stereocenters. The van der Waals surface area contributed by atoms with Crippen molar-refractivity contribution in [2.75, 3.05) is 19.6 Å². The quantitative estimate of drug-likeness (QED) is 0.782. The lowest BCUT2D eigenvalue weighted by Gasteiger charge is -2.34. The minimum Gasteiger partial charge on any atom is -0.302 e. The topological polar surface area (TPSA) is 20.3 Å². The molecule has 1 aliphatic heterocycles. The summed E-state index contributed by atoms with van der Waals surface area (Å²) in [6.45, 7) is 9.16. The second-order valence-corrected chi connectivity index (χ2v) is 6.34. The number of piperidine rings is 1. The zero-order valence-corrected chi connectivity index (χ0v) is 12.7. The van der Waals surface area contributed by atoms with Crippen molar-refractivity contribution in [2.45, 2.75) is 33.6 Å². The van der Waals surface area contributed by atoms with Crippen molar-refractivity contribution in [3.63, 3.8) is 0 Å². The smallest absolute Gasteiger partial charge is 0.164 e. The molecular weight excluding hydrogens is 253 g/mol. The average molecular weight is 277 g/mol. The Kier molecular flexibility index (Phi) is 4.92. The van der Waals surface area contributed by atoms with Crippen molar-refractivity contribution in [1.82, 2.24) is 4.90 Å².